The Bertz CT molecular complexity index is 1180. The number of hydrogen-bond acceptors (Lipinski definition) is 5. The molecular formula is C23H26ClN3O5S. The normalized spacial score (nSPS) is 15.3. The van der Waals surface area contributed by atoms with Crippen LogP contribution in [0.4, 0.5) is 0 Å². The minimum absolute atomic E-state index is 0.0191. The van der Waals surface area contributed by atoms with E-state index in [2.05, 4.69) is 5.32 Å². The van der Waals surface area contributed by atoms with Gasteiger partial charge in [-0.15, -0.1) is 0 Å². The number of carbonyl (C=O) groups excluding carboxylic acids is 3. The van der Waals surface area contributed by atoms with E-state index in [0.717, 1.165) is 0 Å². The van der Waals surface area contributed by atoms with Crippen LogP contribution < -0.4 is 5.32 Å². The van der Waals surface area contributed by atoms with E-state index < -0.39 is 34.4 Å². The highest BCUT2D eigenvalue weighted by molar-refractivity contribution is 7.90. The second-order valence-corrected chi connectivity index (χ2v) is 10.5. The second-order valence-electron chi connectivity index (χ2n) is 8.24. The number of halogens is 1. The van der Waals surface area contributed by atoms with E-state index in [1.54, 1.807) is 37.3 Å². The van der Waals surface area contributed by atoms with E-state index in [4.69, 9.17) is 11.6 Å². The van der Waals surface area contributed by atoms with Gasteiger partial charge in [-0.25, -0.2) is 12.7 Å². The van der Waals surface area contributed by atoms with Crippen LogP contribution in [0.5, 0.6) is 0 Å². The highest BCUT2D eigenvalue weighted by atomic mass is 35.5. The Balaban J connectivity index is 1.88. The van der Waals surface area contributed by atoms with Crippen LogP contribution in [0.15, 0.2) is 53.4 Å². The molecule has 3 amide bonds. The Labute approximate surface area is 198 Å². The maximum absolute atomic E-state index is 13.3. The van der Waals surface area contributed by atoms with Crippen molar-refractivity contribution in [3.8, 4) is 0 Å². The van der Waals surface area contributed by atoms with E-state index in [-0.39, 0.29) is 28.8 Å². The zero-order chi connectivity index (χ0) is 24.3. The number of rotatable bonds is 8. The van der Waals surface area contributed by atoms with Crippen LogP contribution in [0, 0.1) is 5.92 Å². The van der Waals surface area contributed by atoms with Crippen molar-refractivity contribution in [2.45, 2.75) is 38.3 Å². The molecule has 10 heteroatoms. The molecule has 0 aromatic heterocycles. The molecule has 1 heterocycles. The molecule has 3 rings (SSSR count). The third-order valence-corrected chi connectivity index (χ3v) is 7.50. The van der Waals surface area contributed by atoms with Crippen LogP contribution in [-0.4, -0.2) is 54.5 Å². The summed E-state index contributed by atoms with van der Waals surface area (Å²) < 4.78 is 26.3. The Morgan fingerprint density at radius 1 is 1.06 bits per heavy atom. The molecule has 33 heavy (non-hydrogen) atoms. The minimum Gasteiger partial charge on any atom is -0.354 e. The second kappa shape index (κ2) is 9.93. The lowest BCUT2D eigenvalue weighted by molar-refractivity contribution is -0.140. The molecule has 1 aliphatic heterocycles. The average molecular weight is 492 g/mol. The molecule has 8 nitrogen and oxygen atoms in total. The number of carbonyl (C=O) groups is 3. The number of benzene rings is 2. The predicted molar refractivity (Wildman–Crippen MR) is 124 cm³/mol. The molecule has 1 atom stereocenters. The van der Waals surface area contributed by atoms with Crippen LogP contribution in [-0.2, 0) is 26.2 Å². The number of nitrogens with zero attached hydrogens (tertiary/aromatic N) is 2. The molecule has 0 radical (unpaired) electrons. The van der Waals surface area contributed by atoms with Crippen LogP contribution >= 0.6 is 11.6 Å². The fraction of sp³-hybridized carbons (Fsp3) is 0.348. The third kappa shape index (κ3) is 5.20. The Morgan fingerprint density at radius 2 is 1.70 bits per heavy atom. The molecule has 0 bridgehead atoms. The van der Waals surface area contributed by atoms with Gasteiger partial charge in [-0.1, -0.05) is 55.8 Å². The summed E-state index contributed by atoms with van der Waals surface area (Å²) >= 11 is 6.26. The van der Waals surface area contributed by atoms with E-state index in [9.17, 15) is 22.8 Å². The van der Waals surface area contributed by atoms with Crippen molar-refractivity contribution in [1.29, 1.82) is 0 Å². The van der Waals surface area contributed by atoms with Crippen molar-refractivity contribution in [3.05, 3.63) is 64.7 Å². The van der Waals surface area contributed by atoms with Gasteiger partial charge in [0, 0.05) is 18.1 Å². The molecule has 1 N–H and O–H groups in total. The molecule has 0 saturated carbocycles. The first kappa shape index (κ1) is 24.7. The fourth-order valence-corrected chi connectivity index (χ4v) is 5.16. The van der Waals surface area contributed by atoms with Crippen molar-refractivity contribution in [3.63, 3.8) is 0 Å². The highest BCUT2D eigenvalue weighted by Crippen LogP contribution is 2.30. The lowest BCUT2D eigenvalue weighted by Gasteiger charge is -2.30. The van der Waals surface area contributed by atoms with Crippen LogP contribution in [0.3, 0.4) is 0 Å². The van der Waals surface area contributed by atoms with Gasteiger partial charge >= 0.3 is 0 Å². The topological polar surface area (TPSA) is 104 Å². The summed E-state index contributed by atoms with van der Waals surface area (Å²) in [6, 6.07) is 11.8. The van der Waals surface area contributed by atoms with Gasteiger partial charge in [-0.3, -0.25) is 14.4 Å². The highest BCUT2D eigenvalue weighted by Gasteiger charge is 2.43. The molecular weight excluding hydrogens is 466 g/mol. The van der Waals surface area contributed by atoms with Crippen molar-refractivity contribution >= 4 is 39.3 Å². The molecule has 2 aromatic rings. The van der Waals surface area contributed by atoms with Gasteiger partial charge in [-0.2, -0.15) is 0 Å². The molecule has 2 aromatic carbocycles. The maximum atomic E-state index is 13.3. The predicted octanol–water partition coefficient (Wildman–Crippen LogP) is 2.67. The van der Waals surface area contributed by atoms with Crippen LogP contribution in [0.25, 0.3) is 0 Å². The lowest BCUT2D eigenvalue weighted by Crippen LogP contribution is -2.51. The molecule has 1 aliphatic rings. The maximum Gasteiger partial charge on any atom is 0.269 e. The summed E-state index contributed by atoms with van der Waals surface area (Å²) in [5.41, 5.74) is 0.612. The standard InChI is InChI=1S/C23H26ClN3O5S/c1-15(2)12-25-22(29)16(3)26(13-17-8-4-6-10-19(17)24)21(28)14-27-23(30)18-9-5-7-11-20(18)33(27,31)32/h4-11,15-16H,12-14H2,1-3H3,(H,25,29)/t16-/m0/s1. The Hall–Kier alpha value is -2.91. The van der Waals surface area contributed by atoms with E-state index >= 15 is 0 Å². The number of fused-ring (bicyclic) bond motifs is 1. The lowest BCUT2D eigenvalue weighted by atomic mass is 10.1. The SMILES string of the molecule is CC(C)CNC(=O)[C@H](C)N(Cc1ccccc1Cl)C(=O)CN1C(=O)c2ccccc2S1(=O)=O. The van der Waals surface area contributed by atoms with E-state index in [0.29, 0.717) is 21.4 Å². The van der Waals surface area contributed by atoms with Crippen LogP contribution in [0.1, 0.15) is 36.7 Å². The molecule has 0 saturated heterocycles. The van der Waals surface area contributed by atoms with Crippen molar-refractivity contribution < 1.29 is 22.8 Å². The largest absolute Gasteiger partial charge is 0.354 e. The molecule has 0 fully saturated rings. The zero-order valence-electron chi connectivity index (χ0n) is 18.6. The molecule has 176 valence electrons. The first-order chi connectivity index (χ1) is 15.5. The van der Waals surface area contributed by atoms with Gasteiger partial charge in [0.25, 0.3) is 15.9 Å². The van der Waals surface area contributed by atoms with Gasteiger partial charge in [0.2, 0.25) is 11.8 Å². The van der Waals surface area contributed by atoms with Gasteiger partial charge < -0.3 is 10.2 Å². The van der Waals surface area contributed by atoms with E-state index in [1.807, 2.05) is 13.8 Å². The van der Waals surface area contributed by atoms with Crippen molar-refractivity contribution in [2.24, 2.45) is 5.92 Å². The summed E-state index contributed by atoms with van der Waals surface area (Å²) in [6.45, 7) is 5.12. The quantitative estimate of drug-likeness (QED) is 0.611. The molecule has 0 spiro atoms. The molecule has 0 aliphatic carbocycles. The summed E-state index contributed by atoms with van der Waals surface area (Å²) in [6.07, 6.45) is 0. The summed E-state index contributed by atoms with van der Waals surface area (Å²) in [5.74, 6) is -1.64. The smallest absolute Gasteiger partial charge is 0.269 e. The number of amides is 3. The minimum atomic E-state index is -4.16. The van der Waals surface area contributed by atoms with Crippen LogP contribution in [0.2, 0.25) is 5.02 Å². The van der Waals surface area contributed by atoms with Gasteiger partial charge in [-0.05, 0) is 36.6 Å². The summed E-state index contributed by atoms with van der Waals surface area (Å²) in [5, 5.41) is 3.19. The first-order valence-electron chi connectivity index (χ1n) is 10.5. The first-order valence-corrected chi connectivity index (χ1v) is 12.3. The fourth-order valence-electron chi connectivity index (χ4n) is 3.45. The van der Waals surface area contributed by atoms with Gasteiger partial charge in [0.15, 0.2) is 0 Å². The average Bonchev–Trinajstić information content (AvgIpc) is 2.97. The van der Waals surface area contributed by atoms with Crippen molar-refractivity contribution in [2.75, 3.05) is 13.1 Å². The Kier molecular flexibility index (Phi) is 7.44. The number of nitrogens with one attached hydrogen (secondary N) is 1. The number of sulfonamides is 1. The number of hydrogen-bond donors (Lipinski definition) is 1. The van der Waals surface area contributed by atoms with E-state index in [1.165, 1.54) is 23.1 Å². The Morgan fingerprint density at radius 3 is 2.33 bits per heavy atom. The van der Waals surface area contributed by atoms with Gasteiger partial charge in [0.1, 0.15) is 17.5 Å². The summed E-state index contributed by atoms with van der Waals surface area (Å²) in [7, 11) is -4.16. The third-order valence-electron chi connectivity index (χ3n) is 5.34. The zero-order valence-corrected chi connectivity index (χ0v) is 20.2. The monoisotopic (exact) mass is 491 g/mol. The molecule has 0 unspecified atom stereocenters. The summed E-state index contributed by atoms with van der Waals surface area (Å²) in [4.78, 5) is 39.9. The van der Waals surface area contributed by atoms with Gasteiger partial charge in [0.05, 0.1) is 5.56 Å². The van der Waals surface area contributed by atoms with Crippen molar-refractivity contribution in [1.82, 2.24) is 14.5 Å².